The van der Waals surface area contributed by atoms with E-state index in [-0.39, 0.29) is 17.7 Å². The van der Waals surface area contributed by atoms with Gasteiger partial charge in [-0.2, -0.15) is 0 Å². The summed E-state index contributed by atoms with van der Waals surface area (Å²) in [5.41, 5.74) is 4.26. The fraction of sp³-hybridized carbons (Fsp3) is 0.333. The van der Waals surface area contributed by atoms with Crippen molar-refractivity contribution < 1.29 is 19.5 Å². The SMILES string of the molecule is CC(C)C(C(=O)O)N1Cc2ccc(-c3ccc(NC(=O)c4ccc(N5CCCCC5)nc4)cc3)cc2C1=O. The van der Waals surface area contributed by atoms with Crippen molar-refractivity contribution in [3.05, 3.63) is 77.5 Å². The average molecular weight is 513 g/mol. The first-order valence-corrected chi connectivity index (χ1v) is 13.1. The number of aliphatic carboxylic acids is 1. The highest BCUT2D eigenvalue weighted by molar-refractivity contribution is 6.04. The van der Waals surface area contributed by atoms with E-state index in [1.807, 2.05) is 62.4 Å². The van der Waals surface area contributed by atoms with E-state index in [1.165, 1.54) is 24.2 Å². The Balaban J connectivity index is 1.26. The van der Waals surface area contributed by atoms with E-state index in [0.717, 1.165) is 35.6 Å². The standard InChI is InChI=1S/C30H32N4O4/c1-19(2)27(30(37)38)34-18-23-7-6-21(16-25(23)29(34)36)20-8-11-24(12-9-20)32-28(35)22-10-13-26(31-17-22)33-14-4-3-5-15-33/h6-13,16-17,19,27H,3-5,14-15,18H2,1-2H3,(H,32,35)(H,37,38). The Morgan fingerprint density at radius 2 is 1.66 bits per heavy atom. The van der Waals surface area contributed by atoms with Crippen molar-refractivity contribution in [1.82, 2.24) is 9.88 Å². The fourth-order valence-corrected chi connectivity index (χ4v) is 5.29. The number of fused-ring (bicyclic) bond motifs is 1. The minimum absolute atomic E-state index is 0.198. The van der Waals surface area contributed by atoms with Gasteiger partial charge in [-0.15, -0.1) is 0 Å². The van der Waals surface area contributed by atoms with Crippen LogP contribution in [0.15, 0.2) is 60.8 Å². The molecule has 0 aliphatic carbocycles. The Morgan fingerprint density at radius 1 is 0.947 bits per heavy atom. The first-order chi connectivity index (χ1) is 18.3. The Hall–Kier alpha value is -4.20. The number of nitrogens with one attached hydrogen (secondary N) is 1. The van der Waals surface area contributed by atoms with Crippen molar-refractivity contribution in [3.63, 3.8) is 0 Å². The van der Waals surface area contributed by atoms with Gasteiger partial charge < -0.3 is 20.2 Å². The third-order valence-corrected chi connectivity index (χ3v) is 7.33. The lowest BCUT2D eigenvalue weighted by Gasteiger charge is -2.27. The van der Waals surface area contributed by atoms with Gasteiger partial charge in [-0.3, -0.25) is 9.59 Å². The third-order valence-electron chi connectivity index (χ3n) is 7.33. The summed E-state index contributed by atoms with van der Waals surface area (Å²) in [5, 5.41) is 12.5. The maximum atomic E-state index is 13.1. The highest BCUT2D eigenvalue weighted by atomic mass is 16.4. The number of carboxylic acids is 1. The molecule has 0 radical (unpaired) electrons. The molecule has 2 amide bonds. The molecule has 0 spiro atoms. The van der Waals surface area contributed by atoms with E-state index >= 15 is 0 Å². The summed E-state index contributed by atoms with van der Waals surface area (Å²) in [6.45, 7) is 5.91. The second-order valence-electron chi connectivity index (χ2n) is 10.3. The lowest BCUT2D eigenvalue weighted by Crippen LogP contribution is -2.44. The van der Waals surface area contributed by atoms with Crippen LogP contribution in [-0.2, 0) is 11.3 Å². The molecule has 0 bridgehead atoms. The van der Waals surface area contributed by atoms with Gasteiger partial charge >= 0.3 is 5.97 Å². The highest BCUT2D eigenvalue weighted by Gasteiger charge is 2.38. The Labute approximate surface area is 222 Å². The van der Waals surface area contributed by atoms with E-state index in [9.17, 15) is 19.5 Å². The van der Waals surface area contributed by atoms with Gasteiger partial charge in [0.2, 0.25) is 0 Å². The monoisotopic (exact) mass is 512 g/mol. The zero-order chi connectivity index (χ0) is 26.8. The number of nitrogens with zero attached hydrogens (tertiary/aromatic N) is 3. The zero-order valence-corrected chi connectivity index (χ0v) is 21.7. The maximum absolute atomic E-state index is 13.1. The van der Waals surface area contributed by atoms with Gasteiger partial charge in [-0.25, -0.2) is 9.78 Å². The van der Waals surface area contributed by atoms with E-state index < -0.39 is 12.0 Å². The van der Waals surface area contributed by atoms with E-state index in [1.54, 1.807) is 12.3 Å². The van der Waals surface area contributed by atoms with Gasteiger partial charge in [0.25, 0.3) is 11.8 Å². The van der Waals surface area contributed by atoms with Crippen LogP contribution in [0.4, 0.5) is 11.5 Å². The van der Waals surface area contributed by atoms with Gasteiger partial charge in [0.05, 0.1) is 5.56 Å². The van der Waals surface area contributed by atoms with Crippen LogP contribution in [0.1, 0.15) is 59.4 Å². The number of hydrogen-bond acceptors (Lipinski definition) is 5. The van der Waals surface area contributed by atoms with Gasteiger partial charge in [-0.05, 0) is 72.2 Å². The van der Waals surface area contributed by atoms with Crippen LogP contribution >= 0.6 is 0 Å². The summed E-state index contributed by atoms with van der Waals surface area (Å²) < 4.78 is 0. The smallest absolute Gasteiger partial charge is 0.326 e. The topological polar surface area (TPSA) is 103 Å². The molecule has 1 atom stereocenters. The molecule has 38 heavy (non-hydrogen) atoms. The summed E-state index contributed by atoms with van der Waals surface area (Å²) in [6.07, 6.45) is 5.21. The quantitative estimate of drug-likeness (QED) is 0.459. The molecule has 196 valence electrons. The van der Waals surface area contributed by atoms with E-state index in [0.29, 0.717) is 23.4 Å². The molecular weight excluding hydrogens is 480 g/mol. The Morgan fingerprint density at radius 3 is 2.29 bits per heavy atom. The minimum Gasteiger partial charge on any atom is -0.480 e. The average Bonchev–Trinajstić information content (AvgIpc) is 3.24. The number of carboxylic acid groups (broad SMARTS) is 1. The van der Waals surface area contributed by atoms with Gasteiger partial charge in [0, 0.05) is 37.1 Å². The number of piperidine rings is 1. The number of carbonyl (C=O) groups excluding carboxylic acids is 2. The molecule has 1 aromatic heterocycles. The molecule has 2 aliphatic rings. The summed E-state index contributed by atoms with van der Waals surface area (Å²) in [7, 11) is 0. The third kappa shape index (κ3) is 5.11. The lowest BCUT2D eigenvalue weighted by molar-refractivity contribution is -0.144. The van der Waals surface area contributed by atoms with E-state index in [4.69, 9.17) is 0 Å². The number of anilines is 2. The van der Waals surface area contributed by atoms with Crippen molar-refractivity contribution in [2.24, 2.45) is 5.92 Å². The predicted octanol–water partition coefficient (Wildman–Crippen LogP) is 5.06. The first kappa shape index (κ1) is 25.4. The summed E-state index contributed by atoms with van der Waals surface area (Å²) in [4.78, 5) is 45.8. The molecule has 8 heteroatoms. The van der Waals surface area contributed by atoms with Gasteiger partial charge in [0.1, 0.15) is 11.9 Å². The van der Waals surface area contributed by atoms with Crippen molar-refractivity contribution in [3.8, 4) is 11.1 Å². The molecule has 1 saturated heterocycles. The van der Waals surface area contributed by atoms with Crippen LogP contribution in [0.2, 0.25) is 0 Å². The number of benzene rings is 2. The van der Waals surface area contributed by atoms with Crippen LogP contribution in [0.5, 0.6) is 0 Å². The van der Waals surface area contributed by atoms with Gasteiger partial charge in [-0.1, -0.05) is 38.1 Å². The van der Waals surface area contributed by atoms with Crippen LogP contribution in [0.25, 0.3) is 11.1 Å². The van der Waals surface area contributed by atoms with Crippen molar-refractivity contribution in [2.45, 2.75) is 45.7 Å². The van der Waals surface area contributed by atoms with Crippen molar-refractivity contribution in [1.29, 1.82) is 0 Å². The number of amides is 2. The van der Waals surface area contributed by atoms with Crippen LogP contribution in [0.3, 0.4) is 0 Å². The largest absolute Gasteiger partial charge is 0.480 e. The molecule has 3 aromatic rings. The second-order valence-corrected chi connectivity index (χ2v) is 10.3. The normalized spacial score (nSPS) is 15.9. The van der Waals surface area contributed by atoms with Gasteiger partial charge in [0.15, 0.2) is 0 Å². The number of carbonyl (C=O) groups is 3. The van der Waals surface area contributed by atoms with Crippen LogP contribution < -0.4 is 10.2 Å². The number of rotatable bonds is 7. The number of aromatic nitrogens is 1. The zero-order valence-electron chi connectivity index (χ0n) is 21.7. The van der Waals surface area contributed by atoms with Crippen molar-refractivity contribution in [2.75, 3.05) is 23.3 Å². The Kier molecular flexibility index (Phi) is 7.13. The maximum Gasteiger partial charge on any atom is 0.326 e. The first-order valence-electron chi connectivity index (χ1n) is 13.1. The molecular formula is C30H32N4O4. The summed E-state index contributed by atoms with van der Waals surface area (Å²) >= 11 is 0. The fourth-order valence-electron chi connectivity index (χ4n) is 5.29. The Bertz CT molecular complexity index is 1350. The predicted molar refractivity (Wildman–Crippen MR) is 146 cm³/mol. The molecule has 2 aromatic carbocycles. The van der Waals surface area contributed by atoms with Crippen molar-refractivity contribution >= 4 is 29.3 Å². The van der Waals surface area contributed by atoms with Crippen LogP contribution in [-0.4, -0.2) is 51.9 Å². The minimum atomic E-state index is -0.993. The number of hydrogen-bond donors (Lipinski definition) is 2. The molecule has 1 unspecified atom stereocenters. The molecule has 1 fully saturated rings. The molecule has 2 aliphatic heterocycles. The lowest BCUT2D eigenvalue weighted by atomic mass is 10.00. The molecule has 3 heterocycles. The summed E-state index contributed by atoms with van der Waals surface area (Å²) in [5.74, 6) is -0.767. The highest BCUT2D eigenvalue weighted by Crippen LogP contribution is 2.31. The molecule has 5 rings (SSSR count). The summed E-state index contributed by atoms with van der Waals surface area (Å²) in [6, 6.07) is 15.9. The van der Waals surface area contributed by atoms with Crippen LogP contribution in [0, 0.1) is 5.92 Å². The van der Waals surface area contributed by atoms with E-state index in [2.05, 4.69) is 15.2 Å². The number of pyridine rings is 1. The molecule has 2 N–H and O–H groups in total. The second kappa shape index (κ2) is 10.7. The molecule has 0 saturated carbocycles. The molecule has 8 nitrogen and oxygen atoms in total.